The minimum absolute atomic E-state index is 0.0770. The average molecular weight is 321 g/mol. The molecule has 0 aliphatic rings. The van der Waals surface area contributed by atoms with Crippen molar-refractivity contribution in [2.75, 3.05) is 19.5 Å². The standard InChI is InChI=1S/C16H19NO4S/c1-11(22-10-13-5-4-6-21-13)16(18)17-12-7-14(19-2)9-15(8-12)20-3/h4-9,11H,10H2,1-3H3,(H,17,18). The summed E-state index contributed by atoms with van der Waals surface area (Å²) in [7, 11) is 3.14. The third-order valence-corrected chi connectivity index (χ3v) is 4.21. The first-order valence-corrected chi connectivity index (χ1v) is 7.85. The van der Waals surface area contributed by atoms with E-state index in [9.17, 15) is 4.79 Å². The Kier molecular flexibility index (Phi) is 5.77. The largest absolute Gasteiger partial charge is 0.497 e. The van der Waals surface area contributed by atoms with Gasteiger partial charge in [0.2, 0.25) is 5.91 Å². The van der Waals surface area contributed by atoms with Crippen LogP contribution in [0.3, 0.4) is 0 Å². The summed E-state index contributed by atoms with van der Waals surface area (Å²) in [5, 5.41) is 2.66. The Hall–Kier alpha value is -2.08. The van der Waals surface area contributed by atoms with E-state index in [2.05, 4.69) is 5.32 Å². The SMILES string of the molecule is COc1cc(NC(=O)C(C)SCc2ccco2)cc(OC)c1. The van der Waals surface area contributed by atoms with Crippen molar-refractivity contribution in [2.45, 2.75) is 17.9 Å². The van der Waals surface area contributed by atoms with Gasteiger partial charge in [-0.25, -0.2) is 0 Å². The smallest absolute Gasteiger partial charge is 0.237 e. The number of benzene rings is 1. The van der Waals surface area contributed by atoms with Crippen molar-refractivity contribution in [1.82, 2.24) is 0 Å². The summed E-state index contributed by atoms with van der Waals surface area (Å²) in [6, 6.07) is 8.99. The van der Waals surface area contributed by atoms with E-state index in [1.165, 1.54) is 11.8 Å². The Morgan fingerprint density at radius 2 is 1.95 bits per heavy atom. The van der Waals surface area contributed by atoms with Gasteiger partial charge in [-0.1, -0.05) is 0 Å². The summed E-state index contributed by atoms with van der Waals surface area (Å²) < 4.78 is 15.6. The van der Waals surface area contributed by atoms with Gasteiger partial charge in [0.25, 0.3) is 0 Å². The van der Waals surface area contributed by atoms with E-state index in [-0.39, 0.29) is 11.2 Å². The van der Waals surface area contributed by atoms with E-state index in [1.54, 1.807) is 38.7 Å². The highest BCUT2D eigenvalue weighted by Gasteiger charge is 2.15. The topological polar surface area (TPSA) is 60.7 Å². The molecule has 0 spiro atoms. The third-order valence-electron chi connectivity index (χ3n) is 3.04. The van der Waals surface area contributed by atoms with Gasteiger partial charge in [0.05, 0.1) is 31.5 Å². The number of anilines is 1. The van der Waals surface area contributed by atoms with E-state index < -0.39 is 0 Å². The second kappa shape index (κ2) is 7.79. The quantitative estimate of drug-likeness (QED) is 0.845. The Morgan fingerprint density at radius 1 is 1.27 bits per heavy atom. The maximum absolute atomic E-state index is 12.2. The minimum atomic E-state index is -0.206. The normalized spacial score (nSPS) is 11.8. The van der Waals surface area contributed by atoms with E-state index in [0.717, 1.165) is 5.76 Å². The lowest BCUT2D eigenvalue weighted by molar-refractivity contribution is -0.115. The summed E-state index contributed by atoms with van der Waals surface area (Å²) >= 11 is 1.51. The van der Waals surface area contributed by atoms with Gasteiger partial charge >= 0.3 is 0 Å². The first-order valence-electron chi connectivity index (χ1n) is 6.80. The monoisotopic (exact) mass is 321 g/mol. The van der Waals surface area contributed by atoms with Gasteiger partial charge in [0.15, 0.2) is 0 Å². The molecule has 0 bridgehead atoms. The second-order valence-corrected chi connectivity index (χ2v) is 5.95. The van der Waals surface area contributed by atoms with Crippen LogP contribution in [0, 0.1) is 0 Å². The molecular formula is C16H19NO4S. The first kappa shape index (κ1) is 16.3. The highest BCUT2D eigenvalue weighted by atomic mass is 32.2. The van der Waals surface area contributed by atoms with Crippen LogP contribution in [-0.2, 0) is 10.5 Å². The number of hydrogen-bond donors (Lipinski definition) is 1. The van der Waals surface area contributed by atoms with Gasteiger partial charge in [0, 0.05) is 23.9 Å². The van der Waals surface area contributed by atoms with Crippen LogP contribution < -0.4 is 14.8 Å². The molecule has 2 aromatic rings. The maximum atomic E-state index is 12.2. The van der Waals surface area contributed by atoms with E-state index in [4.69, 9.17) is 13.9 Å². The number of hydrogen-bond acceptors (Lipinski definition) is 5. The van der Waals surface area contributed by atoms with Crippen LogP contribution in [0.25, 0.3) is 0 Å². The van der Waals surface area contributed by atoms with Gasteiger partial charge in [0.1, 0.15) is 17.3 Å². The Labute approximate surface area is 134 Å². The first-order chi connectivity index (χ1) is 10.6. The fraction of sp³-hybridized carbons (Fsp3) is 0.312. The van der Waals surface area contributed by atoms with Crippen molar-refractivity contribution in [3.8, 4) is 11.5 Å². The zero-order chi connectivity index (χ0) is 15.9. The molecule has 6 heteroatoms. The molecule has 0 aliphatic carbocycles. The summed E-state index contributed by atoms with van der Waals surface area (Å²) in [5.41, 5.74) is 0.645. The number of rotatable bonds is 7. The highest BCUT2D eigenvalue weighted by Crippen LogP contribution is 2.26. The van der Waals surface area contributed by atoms with Gasteiger partial charge in [-0.2, -0.15) is 0 Å². The molecule has 0 fully saturated rings. The number of carbonyl (C=O) groups excluding carboxylic acids is 1. The average Bonchev–Trinajstić information content (AvgIpc) is 3.05. The van der Waals surface area contributed by atoms with Crippen LogP contribution in [0.2, 0.25) is 0 Å². The van der Waals surface area contributed by atoms with Crippen LogP contribution in [0.4, 0.5) is 5.69 Å². The van der Waals surface area contributed by atoms with Crippen LogP contribution in [0.1, 0.15) is 12.7 Å². The van der Waals surface area contributed by atoms with Gasteiger partial charge in [-0.05, 0) is 19.1 Å². The fourth-order valence-corrected chi connectivity index (χ4v) is 2.59. The Morgan fingerprint density at radius 3 is 2.50 bits per heavy atom. The molecule has 0 saturated carbocycles. The molecule has 22 heavy (non-hydrogen) atoms. The minimum Gasteiger partial charge on any atom is -0.497 e. The number of thioether (sulfide) groups is 1. The van der Waals surface area contributed by atoms with Crippen molar-refractivity contribution in [3.63, 3.8) is 0 Å². The predicted molar refractivity (Wildman–Crippen MR) is 87.6 cm³/mol. The Bertz CT molecular complexity index is 590. The lowest BCUT2D eigenvalue weighted by Crippen LogP contribution is -2.22. The second-order valence-electron chi connectivity index (χ2n) is 4.62. The molecule has 1 N–H and O–H groups in total. The molecular weight excluding hydrogens is 302 g/mol. The molecule has 1 amide bonds. The lowest BCUT2D eigenvalue weighted by atomic mass is 10.2. The number of amides is 1. The molecule has 1 aromatic heterocycles. The van der Waals surface area contributed by atoms with Crippen molar-refractivity contribution < 1.29 is 18.7 Å². The van der Waals surface area contributed by atoms with Gasteiger partial charge in [-0.3, -0.25) is 4.79 Å². The fourth-order valence-electron chi connectivity index (χ4n) is 1.80. The Balaban J connectivity index is 1.95. The molecule has 0 saturated heterocycles. The maximum Gasteiger partial charge on any atom is 0.237 e. The summed E-state index contributed by atoms with van der Waals surface area (Å²) in [6.45, 7) is 1.86. The molecule has 1 unspecified atom stereocenters. The van der Waals surface area contributed by atoms with Gasteiger partial charge < -0.3 is 19.2 Å². The van der Waals surface area contributed by atoms with Crippen LogP contribution in [0.5, 0.6) is 11.5 Å². The zero-order valence-electron chi connectivity index (χ0n) is 12.8. The number of nitrogens with one attached hydrogen (secondary N) is 1. The van der Waals surface area contributed by atoms with E-state index >= 15 is 0 Å². The number of methoxy groups -OCH3 is 2. The third kappa shape index (κ3) is 4.46. The van der Waals surface area contributed by atoms with Crippen LogP contribution in [-0.4, -0.2) is 25.4 Å². The van der Waals surface area contributed by atoms with Crippen molar-refractivity contribution >= 4 is 23.4 Å². The number of carbonyl (C=O) groups is 1. The molecule has 118 valence electrons. The number of furan rings is 1. The van der Waals surface area contributed by atoms with E-state index in [1.807, 2.05) is 19.1 Å². The lowest BCUT2D eigenvalue weighted by Gasteiger charge is -2.13. The summed E-state index contributed by atoms with van der Waals surface area (Å²) in [6.07, 6.45) is 1.63. The molecule has 1 aromatic carbocycles. The molecule has 1 heterocycles. The van der Waals surface area contributed by atoms with Gasteiger partial charge in [-0.15, -0.1) is 11.8 Å². The number of ether oxygens (including phenoxy) is 2. The molecule has 1 atom stereocenters. The summed E-state index contributed by atoms with van der Waals surface area (Å²) in [5.74, 6) is 2.69. The molecule has 0 aliphatic heterocycles. The zero-order valence-corrected chi connectivity index (χ0v) is 13.6. The highest BCUT2D eigenvalue weighted by molar-refractivity contribution is 7.99. The van der Waals surface area contributed by atoms with E-state index in [0.29, 0.717) is 22.9 Å². The predicted octanol–water partition coefficient (Wildman–Crippen LogP) is 3.56. The van der Waals surface area contributed by atoms with Crippen molar-refractivity contribution in [2.24, 2.45) is 0 Å². The summed E-state index contributed by atoms with van der Waals surface area (Å²) in [4.78, 5) is 12.2. The molecule has 2 rings (SSSR count). The molecule has 5 nitrogen and oxygen atoms in total. The molecule has 0 radical (unpaired) electrons. The van der Waals surface area contributed by atoms with Crippen LogP contribution >= 0.6 is 11.8 Å². The van der Waals surface area contributed by atoms with Crippen molar-refractivity contribution in [1.29, 1.82) is 0 Å². The van der Waals surface area contributed by atoms with Crippen LogP contribution in [0.15, 0.2) is 41.0 Å². The van der Waals surface area contributed by atoms with Crippen molar-refractivity contribution in [3.05, 3.63) is 42.4 Å².